The number of H-pyrrole nitrogens is 1. The molecule has 0 aromatic carbocycles. The van der Waals surface area contributed by atoms with Gasteiger partial charge in [0.2, 0.25) is 11.8 Å². The van der Waals surface area contributed by atoms with Crippen LogP contribution in [0.4, 0.5) is 5.95 Å². The van der Waals surface area contributed by atoms with E-state index in [-0.39, 0.29) is 24.3 Å². The standard InChI is InChI=1S/C9H15N5O2/c10-8-11-6(13-14-8)7(16)12-9(5-15)3-1-2-4-9/h15H,1-5H2,(H,12,16)(H3,10,11,13,14). The lowest BCUT2D eigenvalue weighted by atomic mass is 9.99. The summed E-state index contributed by atoms with van der Waals surface area (Å²) in [5.74, 6) is -0.257. The molecular formula is C9H15N5O2. The summed E-state index contributed by atoms with van der Waals surface area (Å²) in [6.07, 6.45) is 3.61. The lowest BCUT2D eigenvalue weighted by Gasteiger charge is -2.27. The van der Waals surface area contributed by atoms with Crippen molar-refractivity contribution in [3.8, 4) is 0 Å². The number of anilines is 1. The van der Waals surface area contributed by atoms with Gasteiger partial charge in [-0.25, -0.2) is 0 Å². The first kappa shape index (κ1) is 10.9. The first-order valence-electron chi connectivity index (χ1n) is 5.26. The number of aliphatic hydroxyl groups excluding tert-OH is 1. The van der Waals surface area contributed by atoms with Crippen molar-refractivity contribution < 1.29 is 9.90 Å². The average Bonchev–Trinajstić information content (AvgIpc) is 2.88. The van der Waals surface area contributed by atoms with E-state index in [0.29, 0.717) is 0 Å². The number of carbonyl (C=O) groups excluding carboxylic acids is 1. The third-order valence-electron chi connectivity index (χ3n) is 2.96. The van der Waals surface area contributed by atoms with Crippen LogP contribution in [-0.2, 0) is 0 Å². The van der Waals surface area contributed by atoms with Crippen LogP contribution < -0.4 is 11.1 Å². The Bertz CT molecular complexity index is 383. The molecule has 7 heteroatoms. The maximum atomic E-state index is 11.8. The Morgan fingerprint density at radius 1 is 1.56 bits per heavy atom. The second-order valence-electron chi connectivity index (χ2n) is 4.14. The van der Waals surface area contributed by atoms with Crippen LogP contribution in [0, 0.1) is 0 Å². The highest BCUT2D eigenvalue weighted by molar-refractivity contribution is 5.91. The van der Waals surface area contributed by atoms with Crippen molar-refractivity contribution in [3.63, 3.8) is 0 Å². The van der Waals surface area contributed by atoms with Gasteiger partial charge in [0.1, 0.15) is 0 Å². The molecule has 5 N–H and O–H groups in total. The number of rotatable bonds is 3. The molecule has 1 saturated carbocycles. The Labute approximate surface area is 92.4 Å². The normalized spacial score (nSPS) is 18.6. The number of nitrogen functional groups attached to an aromatic ring is 1. The minimum absolute atomic E-state index is 0.0367. The largest absolute Gasteiger partial charge is 0.394 e. The van der Waals surface area contributed by atoms with Crippen molar-refractivity contribution in [2.75, 3.05) is 12.3 Å². The molecule has 0 unspecified atom stereocenters. The third-order valence-corrected chi connectivity index (χ3v) is 2.96. The molecule has 1 fully saturated rings. The van der Waals surface area contributed by atoms with E-state index in [1.54, 1.807) is 0 Å². The number of amides is 1. The van der Waals surface area contributed by atoms with Gasteiger partial charge in [0.15, 0.2) is 0 Å². The Morgan fingerprint density at radius 2 is 2.25 bits per heavy atom. The second kappa shape index (κ2) is 4.09. The highest BCUT2D eigenvalue weighted by Crippen LogP contribution is 2.29. The van der Waals surface area contributed by atoms with Crippen LogP contribution in [0.2, 0.25) is 0 Å². The molecule has 1 aliphatic carbocycles. The van der Waals surface area contributed by atoms with Gasteiger partial charge in [-0.2, -0.15) is 4.98 Å². The molecule has 1 amide bonds. The molecule has 88 valence electrons. The minimum Gasteiger partial charge on any atom is -0.394 e. The summed E-state index contributed by atoms with van der Waals surface area (Å²) in [5, 5.41) is 18.1. The summed E-state index contributed by atoms with van der Waals surface area (Å²) in [4.78, 5) is 15.5. The summed E-state index contributed by atoms with van der Waals surface area (Å²) in [6, 6.07) is 0. The fraction of sp³-hybridized carbons (Fsp3) is 0.667. The number of carbonyl (C=O) groups is 1. The molecule has 1 aromatic heterocycles. The van der Waals surface area contributed by atoms with E-state index >= 15 is 0 Å². The van der Waals surface area contributed by atoms with Crippen molar-refractivity contribution >= 4 is 11.9 Å². The SMILES string of the molecule is Nc1n[nH]c(C(=O)NC2(CO)CCCC2)n1. The molecule has 1 aliphatic rings. The molecule has 0 bridgehead atoms. The molecule has 1 aromatic rings. The monoisotopic (exact) mass is 225 g/mol. The highest BCUT2D eigenvalue weighted by Gasteiger charge is 2.35. The number of hydrogen-bond donors (Lipinski definition) is 4. The lowest BCUT2D eigenvalue weighted by Crippen LogP contribution is -2.49. The Morgan fingerprint density at radius 3 is 2.75 bits per heavy atom. The zero-order valence-corrected chi connectivity index (χ0v) is 8.86. The van der Waals surface area contributed by atoms with Crippen molar-refractivity contribution in [1.82, 2.24) is 20.5 Å². The van der Waals surface area contributed by atoms with Gasteiger partial charge >= 0.3 is 0 Å². The fourth-order valence-electron chi connectivity index (χ4n) is 2.05. The van der Waals surface area contributed by atoms with Gasteiger partial charge in [0.25, 0.3) is 5.91 Å². The highest BCUT2D eigenvalue weighted by atomic mass is 16.3. The number of nitrogens with one attached hydrogen (secondary N) is 2. The van der Waals surface area contributed by atoms with Crippen LogP contribution >= 0.6 is 0 Å². The molecular weight excluding hydrogens is 210 g/mol. The van der Waals surface area contributed by atoms with Crippen molar-refractivity contribution in [2.24, 2.45) is 0 Å². The molecule has 0 aliphatic heterocycles. The van der Waals surface area contributed by atoms with E-state index in [1.165, 1.54) is 0 Å². The van der Waals surface area contributed by atoms with Crippen LogP contribution in [0.3, 0.4) is 0 Å². The molecule has 0 atom stereocenters. The van der Waals surface area contributed by atoms with Gasteiger partial charge in [-0.1, -0.05) is 12.8 Å². The van der Waals surface area contributed by atoms with Crippen LogP contribution in [0.25, 0.3) is 0 Å². The summed E-state index contributed by atoms with van der Waals surface area (Å²) < 4.78 is 0. The molecule has 0 saturated heterocycles. The van der Waals surface area contributed by atoms with Crippen LogP contribution in [0.1, 0.15) is 36.3 Å². The van der Waals surface area contributed by atoms with Crippen LogP contribution in [0.15, 0.2) is 0 Å². The number of aliphatic hydroxyl groups is 1. The second-order valence-corrected chi connectivity index (χ2v) is 4.14. The topological polar surface area (TPSA) is 117 Å². The first-order valence-corrected chi connectivity index (χ1v) is 5.26. The van der Waals surface area contributed by atoms with Gasteiger partial charge in [-0.3, -0.25) is 9.89 Å². The lowest BCUT2D eigenvalue weighted by molar-refractivity contribution is 0.0828. The molecule has 2 rings (SSSR count). The zero-order valence-electron chi connectivity index (χ0n) is 8.86. The van der Waals surface area contributed by atoms with E-state index in [0.717, 1.165) is 25.7 Å². The number of hydrogen-bond acceptors (Lipinski definition) is 5. The van der Waals surface area contributed by atoms with E-state index in [4.69, 9.17) is 5.73 Å². The number of nitrogens with two attached hydrogens (primary N) is 1. The summed E-state index contributed by atoms with van der Waals surface area (Å²) >= 11 is 0. The summed E-state index contributed by atoms with van der Waals surface area (Å²) in [5.41, 5.74) is 4.81. The zero-order chi connectivity index (χ0) is 11.6. The van der Waals surface area contributed by atoms with E-state index < -0.39 is 5.54 Å². The maximum absolute atomic E-state index is 11.8. The number of aromatic nitrogens is 3. The summed E-state index contributed by atoms with van der Waals surface area (Å²) in [7, 11) is 0. The third kappa shape index (κ3) is 1.99. The molecule has 1 heterocycles. The van der Waals surface area contributed by atoms with Gasteiger partial charge in [0.05, 0.1) is 12.1 Å². The predicted molar refractivity (Wildman–Crippen MR) is 56.5 cm³/mol. The Balaban J connectivity index is 2.06. The average molecular weight is 225 g/mol. The minimum atomic E-state index is -0.501. The smallest absolute Gasteiger partial charge is 0.289 e. The van der Waals surface area contributed by atoms with Crippen molar-refractivity contribution in [2.45, 2.75) is 31.2 Å². The quantitative estimate of drug-likeness (QED) is 0.549. The predicted octanol–water partition coefficient (Wildman–Crippen LogP) is -0.578. The number of nitrogens with zero attached hydrogens (tertiary/aromatic N) is 2. The molecule has 0 radical (unpaired) electrons. The molecule has 0 spiro atoms. The van der Waals surface area contributed by atoms with Gasteiger partial charge in [0, 0.05) is 0 Å². The van der Waals surface area contributed by atoms with Crippen molar-refractivity contribution in [3.05, 3.63) is 5.82 Å². The molecule has 16 heavy (non-hydrogen) atoms. The Hall–Kier alpha value is -1.63. The van der Waals surface area contributed by atoms with E-state index in [9.17, 15) is 9.90 Å². The fourth-order valence-corrected chi connectivity index (χ4v) is 2.05. The molecule has 7 nitrogen and oxygen atoms in total. The van der Waals surface area contributed by atoms with Crippen LogP contribution in [0.5, 0.6) is 0 Å². The maximum Gasteiger partial charge on any atom is 0.289 e. The van der Waals surface area contributed by atoms with Crippen LogP contribution in [-0.4, -0.2) is 38.3 Å². The van der Waals surface area contributed by atoms with E-state index in [2.05, 4.69) is 20.5 Å². The van der Waals surface area contributed by atoms with Gasteiger partial charge < -0.3 is 16.2 Å². The van der Waals surface area contributed by atoms with E-state index in [1.807, 2.05) is 0 Å². The number of aromatic amines is 1. The summed E-state index contributed by atoms with van der Waals surface area (Å²) in [6.45, 7) is -0.0532. The van der Waals surface area contributed by atoms with Gasteiger partial charge in [-0.05, 0) is 12.8 Å². The Kier molecular flexibility index (Phi) is 2.78. The first-order chi connectivity index (χ1) is 7.65. The van der Waals surface area contributed by atoms with Gasteiger partial charge in [-0.15, -0.1) is 5.10 Å². The van der Waals surface area contributed by atoms with Crippen molar-refractivity contribution in [1.29, 1.82) is 0 Å².